The predicted octanol–water partition coefficient (Wildman–Crippen LogP) is 4.56. The maximum atomic E-state index is 13.5. The molecule has 0 saturated carbocycles. The van der Waals surface area contributed by atoms with Crippen LogP contribution in [0.4, 0.5) is 16.2 Å². The Labute approximate surface area is 220 Å². The summed E-state index contributed by atoms with van der Waals surface area (Å²) in [6.45, 7) is 9.17. The minimum atomic E-state index is -0.430. The van der Waals surface area contributed by atoms with Gasteiger partial charge in [0.25, 0.3) is 5.91 Å². The standard InChI is InChI=1S/C28H40N4O5/c1-7-13-32-16-19(2)26(36-6)17-31(4)27(33)24-15-22(11-12-25(24)37-18-20(32)3)30-28(34)29-21-9-8-10-23(14-21)35-5/h8-12,14-15,19-20,26H,7,13,16-18H2,1-6H3,(H2,29,30,34)/t19-,20-,26+/m0/s1. The molecule has 0 spiro atoms. The van der Waals surface area contributed by atoms with Crippen LogP contribution in [0.1, 0.15) is 37.6 Å². The Hall–Kier alpha value is -3.30. The van der Waals surface area contributed by atoms with Crippen LogP contribution in [0.3, 0.4) is 0 Å². The van der Waals surface area contributed by atoms with Crippen molar-refractivity contribution in [2.24, 2.45) is 5.92 Å². The van der Waals surface area contributed by atoms with E-state index in [4.69, 9.17) is 14.2 Å². The second-order valence-corrected chi connectivity index (χ2v) is 9.61. The highest BCUT2D eigenvalue weighted by Gasteiger charge is 2.28. The summed E-state index contributed by atoms with van der Waals surface area (Å²) in [5.41, 5.74) is 1.46. The van der Waals surface area contributed by atoms with Gasteiger partial charge in [0.15, 0.2) is 0 Å². The van der Waals surface area contributed by atoms with Gasteiger partial charge in [0.2, 0.25) is 0 Å². The lowest BCUT2D eigenvalue weighted by atomic mass is 10.0. The highest BCUT2D eigenvalue weighted by atomic mass is 16.5. The minimum absolute atomic E-state index is 0.112. The molecule has 0 aliphatic carbocycles. The third kappa shape index (κ3) is 7.60. The number of fused-ring (bicyclic) bond motifs is 1. The number of anilines is 2. The summed E-state index contributed by atoms with van der Waals surface area (Å²) in [6, 6.07) is 11.9. The largest absolute Gasteiger partial charge is 0.497 e. The van der Waals surface area contributed by atoms with Gasteiger partial charge in [-0.25, -0.2) is 4.79 Å². The maximum absolute atomic E-state index is 13.5. The normalized spacial score (nSPS) is 21.2. The van der Waals surface area contributed by atoms with E-state index >= 15 is 0 Å². The fourth-order valence-corrected chi connectivity index (χ4v) is 4.52. The maximum Gasteiger partial charge on any atom is 0.323 e. The highest BCUT2D eigenvalue weighted by Crippen LogP contribution is 2.27. The van der Waals surface area contributed by atoms with Gasteiger partial charge in [-0.15, -0.1) is 0 Å². The number of hydrogen-bond donors (Lipinski definition) is 2. The predicted molar refractivity (Wildman–Crippen MR) is 146 cm³/mol. The molecule has 0 bridgehead atoms. The number of nitrogens with one attached hydrogen (secondary N) is 2. The van der Waals surface area contributed by atoms with Crippen LogP contribution >= 0.6 is 0 Å². The number of rotatable bonds is 6. The minimum Gasteiger partial charge on any atom is -0.497 e. The number of amides is 3. The van der Waals surface area contributed by atoms with Crippen molar-refractivity contribution in [3.63, 3.8) is 0 Å². The van der Waals surface area contributed by atoms with E-state index in [1.54, 1.807) is 68.6 Å². The molecular weight excluding hydrogens is 472 g/mol. The van der Waals surface area contributed by atoms with Crippen LogP contribution in [0.15, 0.2) is 42.5 Å². The van der Waals surface area contributed by atoms with Crippen molar-refractivity contribution >= 4 is 23.3 Å². The van der Waals surface area contributed by atoms with Crippen molar-refractivity contribution in [2.45, 2.75) is 39.3 Å². The molecular formula is C28H40N4O5. The molecule has 0 aromatic heterocycles. The monoisotopic (exact) mass is 512 g/mol. The van der Waals surface area contributed by atoms with E-state index in [-0.39, 0.29) is 24.0 Å². The molecule has 1 aliphatic heterocycles. The van der Waals surface area contributed by atoms with Crippen molar-refractivity contribution in [1.82, 2.24) is 9.80 Å². The van der Waals surface area contributed by atoms with Crippen LogP contribution in [0.25, 0.3) is 0 Å². The lowest BCUT2D eigenvalue weighted by Crippen LogP contribution is -2.46. The number of likely N-dealkylation sites (N-methyl/N-ethyl adjacent to an activating group) is 1. The van der Waals surface area contributed by atoms with Gasteiger partial charge < -0.3 is 29.7 Å². The Kier molecular flexibility index (Phi) is 10.2. The highest BCUT2D eigenvalue weighted by molar-refractivity contribution is 6.02. The van der Waals surface area contributed by atoms with Crippen molar-refractivity contribution < 1.29 is 23.8 Å². The molecule has 2 aromatic carbocycles. The lowest BCUT2D eigenvalue weighted by molar-refractivity contribution is 0.0108. The second kappa shape index (κ2) is 13.3. The molecule has 0 saturated heterocycles. The molecule has 202 valence electrons. The Morgan fingerprint density at radius 1 is 1.08 bits per heavy atom. The zero-order valence-electron chi connectivity index (χ0n) is 22.7. The van der Waals surface area contributed by atoms with Crippen LogP contribution in [0.5, 0.6) is 11.5 Å². The number of benzene rings is 2. The summed E-state index contributed by atoms with van der Waals surface area (Å²) in [5.74, 6) is 1.15. The van der Waals surface area contributed by atoms with Crippen LogP contribution in [-0.4, -0.2) is 81.4 Å². The zero-order valence-corrected chi connectivity index (χ0v) is 22.7. The molecule has 0 radical (unpaired) electrons. The fraction of sp³-hybridized carbons (Fsp3) is 0.500. The first-order valence-electron chi connectivity index (χ1n) is 12.8. The molecule has 37 heavy (non-hydrogen) atoms. The molecule has 1 aliphatic rings. The molecule has 0 fully saturated rings. The van der Waals surface area contributed by atoms with E-state index in [0.717, 1.165) is 19.5 Å². The van der Waals surface area contributed by atoms with Gasteiger partial charge >= 0.3 is 6.03 Å². The molecule has 9 nitrogen and oxygen atoms in total. The summed E-state index contributed by atoms with van der Waals surface area (Å²) in [7, 11) is 5.02. The Balaban J connectivity index is 1.85. The third-order valence-corrected chi connectivity index (χ3v) is 6.67. The molecule has 0 unspecified atom stereocenters. The zero-order chi connectivity index (χ0) is 26.9. The van der Waals surface area contributed by atoms with Crippen LogP contribution in [-0.2, 0) is 4.74 Å². The average molecular weight is 513 g/mol. The number of carbonyl (C=O) groups is 2. The summed E-state index contributed by atoms with van der Waals surface area (Å²) >= 11 is 0. The smallest absolute Gasteiger partial charge is 0.323 e. The Bertz CT molecular complexity index is 1060. The van der Waals surface area contributed by atoms with E-state index < -0.39 is 6.03 Å². The Morgan fingerprint density at radius 3 is 2.49 bits per heavy atom. The SMILES string of the molecule is CCCN1C[C@H](C)[C@H](OC)CN(C)C(=O)c2cc(NC(=O)Nc3cccc(OC)c3)ccc2OC[C@@H]1C. The first-order valence-corrected chi connectivity index (χ1v) is 12.8. The molecule has 3 amide bonds. The van der Waals surface area contributed by atoms with Crippen LogP contribution in [0, 0.1) is 5.92 Å². The number of hydrogen-bond acceptors (Lipinski definition) is 6. The van der Waals surface area contributed by atoms with Gasteiger partial charge in [-0.3, -0.25) is 9.69 Å². The molecule has 2 N–H and O–H groups in total. The first-order chi connectivity index (χ1) is 17.7. The van der Waals surface area contributed by atoms with E-state index in [1.807, 2.05) is 0 Å². The van der Waals surface area contributed by atoms with Crippen molar-refractivity contribution in [1.29, 1.82) is 0 Å². The van der Waals surface area contributed by atoms with E-state index in [0.29, 0.717) is 41.6 Å². The number of nitrogens with zero attached hydrogens (tertiary/aromatic N) is 2. The first kappa shape index (κ1) is 28.3. The molecule has 3 atom stereocenters. The van der Waals surface area contributed by atoms with E-state index in [1.165, 1.54) is 0 Å². The summed E-state index contributed by atoms with van der Waals surface area (Å²) in [4.78, 5) is 30.2. The number of carbonyl (C=O) groups excluding carboxylic acids is 2. The molecule has 2 aromatic rings. The van der Waals surface area contributed by atoms with Crippen molar-refractivity contribution in [3.05, 3.63) is 48.0 Å². The topological polar surface area (TPSA) is 92.4 Å². The lowest BCUT2D eigenvalue weighted by Gasteiger charge is -2.35. The van der Waals surface area contributed by atoms with Crippen molar-refractivity contribution in [3.8, 4) is 11.5 Å². The number of ether oxygens (including phenoxy) is 3. The number of urea groups is 1. The second-order valence-electron chi connectivity index (χ2n) is 9.61. The summed E-state index contributed by atoms with van der Waals surface area (Å²) in [5, 5.41) is 5.59. The van der Waals surface area contributed by atoms with Crippen molar-refractivity contribution in [2.75, 3.05) is 58.1 Å². The van der Waals surface area contributed by atoms with Gasteiger partial charge in [0.05, 0.1) is 18.8 Å². The fourth-order valence-electron chi connectivity index (χ4n) is 4.52. The third-order valence-electron chi connectivity index (χ3n) is 6.67. The quantitative estimate of drug-likeness (QED) is 0.590. The molecule has 3 rings (SSSR count). The molecule has 1 heterocycles. The average Bonchev–Trinajstić information content (AvgIpc) is 2.89. The summed E-state index contributed by atoms with van der Waals surface area (Å²) < 4.78 is 17.2. The van der Waals surface area contributed by atoms with Crippen LogP contribution < -0.4 is 20.1 Å². The van der Waals surface area contributed by atoms with Gasteiger partial charge in [-0.05, 0) is 56.1 Å². The van der Waals surface area contributed by atoms with E-state index in [9.17, 15) is 9.59 Å². The number of methoxy groups -OCH3 is 2. The molecule has 9 heteroatoms. The summed E-state index contributed by atoms with van der Waals surface area (Å²) in [6.07, 6.45) is 0.926. The Morgan fingerprint density at radius 2 is 1.81 bits per heavy atom. The van der Waals surface area contributed by atoms with Gasteiger partial charge in [0.1, 0.15) is 18.1 Å². The van der Waals surface area contributed by atoms with Gasteiger partial charge in [-0.1, -0.05) is 19.9 Å². The van der Waals surface area contributed by atoms with Gasteiger partial charge in [-0.2, -0.15) is 0 Å². The van der Waals surface area contributed by atoms with Gasteiger partial charge in [0, 0.05) is 50.7 Å². The van der Waals surface area contributed by atoms with Crippen LogP contribution in [0.2, 0.25) is 0 Å². The van der Waals surface area contributed by atoms with E-state index in [2.05, 4.69) is 36.3 Å².